The maximum absolute atomic E-state index is 12.4. The minimum Gasteiger partial charge on any atom is -0.320 e. The van der Waals surface area contributed by atoms with Crippen molar-refractivity contribution in [1.82, 2.24) is 0 Å². The van der Waals surface area contributed by atoms with E-state index in [4.69, 9.17) is 11.6 Å². The van der Waals surface area contributed by atoms with E-state index >= 15 is 0 Å². The molecule has 1 N–H and O–H groups in total. The third-order valence-electron chi connectivity index (χ3n) is 3.81. The average Bonchev–Trinajstić information content (AvgIpc) is 2.64. The monoisotopic (exact) mass is 411 g/mol. The number of nitrogens with one attached hydrogen (secondary N) is 1. The molecule has 27 heavy (non-hydrogen) atoms. The summed E-state index contributed by atoms with van der Waals surface area (Å²) in [6.07, 6.45) is 0. The van der Waals surface area contributed by atoms with Gasteiger partial charge in [0.25, 0.3) is 11.6 Å². The molecule has 0 bridgehead atoms. The van der Waals surface area contributed by atoms with Crippen LogP contribution in [0.4, 0.5) is 17.1 Å². The highest BCUT2D eigenvalue weighted by molar-refractivity contribution is 7.92. The van der Waals surface area contributed by atoms with Gasteiger partial charge in [0.05, 0.1) is 27.1 Å². The Morgan fingerprint density at radius 3 is 2.33 bits per heavy atom. The number of nitro groups is 1. The van der Waals surface area contributed by atoms with Crippen molar-refractivity contribution in [3.8, 4) is 0 Å². The maximum Gasteiger partial charge on any atom is 0.271 e. The molecule has 0 unspecified atom stereocenters. The second-order valence-corrected chi connectivity index (χ2v) is 8.08. The third kappa shape index (κ3) is 4.75. The molecule has 0 spiro atoms. The second kappa shape index (κ2) is 8.36. The average molecular weight is 412 g/mol. The highest BCUT2D eigenvalue weighted by Crippen LogP contribution is 2.27. The van der Waals surface area contributed by atoms with Gasteiger partial charge in [-0.25, -0.2) is 8.42 Å². The predicted molar refractivity (Wildman–Crippen MR) is 105 cm³/mol. The van der Waals surface area contributed by atoms with Crippen LogP contribution < -0.4 is 9.62 Å². The van der Waals surface area contributed by atoms with Gasteiger partial charge in [-0.3, -0.25) is 19.2 Å². The topological polar surface area (TPSA) is 110 Å². The van der Waals surface area contributed by atoms with Crippen molar-refractivity contribution < 1.29 is 18.1 Å². The number of nitrogens with zero attached hydrogens (tertiary/aromatic N) is 2. The summed E-state index contributed by atoms with van der Waals surface area (Å²) in [4.78, 5) is 22.6. The molecule has 0 saturated carbocycles. The summed E-state index contributed by atoms with van der Waals surface area (Å²) >= 11 is 5.97. The van der Waals surface area contributed by atoms with Gasteiger partial charge in [0.1, 0.15) is 0 Å². The molecule has 0 aliphatic heterocycles. The SMILES string of the molecule is CCN(c1ccc(C(=O)Nc2cc([N+](=O)[O-])ccc2Cl)cc1)S(=O)(=O)CC. The van der Waals surface area contributed by atoms with E-state index in [0.29, 0.717) is 5.69 Å². The van der Waals surface area contributed by atoms with Gasteiger partial charge in [-0.2, -0.15) is 0 Å². The maximum atomic E-state index is 12.4. The molecule has 2 aromatic rings. The van der Waals surface area contributed by atoms with Crippen LogP contribution in [0.2, 0.25) is 5.02 Å². The van der Waals surface area contributed by atoms with Crippen molar-refractivity contribution >= 4 is 44.6 Å². The normalized spacial score (nSPS) is 11.1. The van der Waals surface area contributed by atoms with Crippen molar-refractivity contribution in [1.29, 1.82) is 0 Å². The first-order valence-electron chi connectivity index (χ1n) is 8.05. The Hall–Kier alpha value is -2.65. The number of carbonyl (C=O) groups excluding carboxylic acids is 1. The number of nitro benzene ring substituents is 1. The number of carbonyl (C=O) groups is 1. The van der Waals surface area contributed by atoms with E-state index in [9.17, 15) is 23.3 Å². The lowest BCUT2D eigenvalue weighted by Crippen LogP contribution is -2.32. The summed E-state index contributed by atoms with van der Waals surface area (Å²) in [5, 5.41) is 13.5. The Labute approximate surface area is 162 Å². The van der Waals surface area contributed by atoms with Crippen LogP contribution in [0.5, 0.6) is 0 Å². The fourth-order valence-corrected chi connectivity index (χ4v) is 3.70. The van der Waals surface area contributed by atoms with E-state index in [0.717, 1.165) is 0 Å². The van der Waals surface area contributed by atoms with Crippen LogP contribution in [0.15, 0.2) is 42.5 Å². The highest BCUT2D eigenvalue weighted by atomic mass is 35.5. The Morgan fingerprint density at radius 2 is 1.81 bits per heavy atom. The molecule has 0 fully saturated rings. The number of hydrogen-bond donors (Lipinski definition) is 1. The molecule has 0 atom stereocenters. The highest BCUT2D eigenvalue weighted by Gasteiger charge is 2.19. The summed E-state index contributed by atoms with van der Waals surface area (Å²) in [5.74, 6) is -0.556. The van der Waals surface area contributed by atoms with Gasteiger partial charge in [0.2, 0.25) is 10.0 Å². The standard InChI is InChI=1S/C17H18ClN3O5S/c1-3-20(27(25,26)4-2)13-7-5-12(6-8-13)17(22)19-16-11-14(21(23)24)9-10-15(16)18/h5-11H,3-4H2,1-2H3,(H,19,22). The second-order valence-electron chi connectivity index (χ2n) is 5.49. The summed E-state index contributed by atoms with van der Waals surface area (Å²) in [6.45, 7) is 3.55. The number of non-ortho nitro benzene ring substituents is 1. The smallest absolute Gasteiger partial charge is 0.271 e. The minimum atomic E-state index is -3.41. The van der Waals surface area contributed by atoms with E-state index in [1.54, 1.807) is 13.8 Å². The number of sulfonamides is 1. The fraction of sp³-hybridized carbons (Fsp3) is 0.235. The van der Waals surface area contributed by atoms with Crippen LogP contribution >= 0.6 is 11.6 Å². The molecular formula is C17H18ClN3O5S. The predicted octanol–water partition coefficient (Wildman–Crippen LogP) is 3.68. The van der Waals surface area contributed by atoms with Gasteiger partial charge in [-0.15, -0.1) is 0 Å². The van der Waals surface area contributed by atoms with Gasteiger partial charge in [-0.1, -0.05) is 11.6 Å². The number of anilines is 2. The largest absolute Gasteiger partial charge is 0.320 e. The van der Waals surface area contributed by atoms with Gasteiger partial charge in [-0.05, 0) is 44.2 Å². The molecule has 144 valence electrons. The molecule has 2 aromatic carbocycles. The van der Waals surface area contributed by atoms with E-state index in [-0.39, 0.29) is 34.3 Å². The van der Waals surface area contributed by atoms with Crippen LogP contribution in [-0.4, -0.2) is 31.5 Å². The summed E-state index contributed by atoms with van der Waals surface area (Å²) < 4.78 is 25.4. The van der Waals surface area contributed by atoms with Crippen molar-refractivity contribution in [2.45, 2.75) is 13.8 Å². The van der Waals surface area contributed by atoms with Gasteiger partial charge in [0, 0.05) is 24.2 Å². The lowest BCUT2D eigenvalue weighted by molar-refractivity contribution is -0.384. The lowest BCUT2D eigenvalue weighted by Gasteiger charge is -2.22. The number of benzene rings is 2. The molecule has 0 saturated heterocycles. The zero-order valence-corrected chi connectivity index (χ0v) is 16.2. The summed E-state index contributed by atoms with van der Waals surface area (Å²) in [6, 6.07) is 9.74. The molecule has 0 radical (unpaired) electrons. The molecular weight excluding hydrogens is 394 g/mol. The first-order chi connectivity index (χ1) is 12.7. The molecule has 1 amide bonds. The van der Waals surface area contributed by atoms with E-state index < -0.39 is 20.9 Å². The van der Waals surface area contributed by atoms with Gasteiger partial charge >= 0.3 is 0 Å². The van der Waals surface area contributed by atoms with Crippen molar-refractivity contribution in [3.63, 3.8) is 0 Å². The number of rotatable bonds is 7. The van der Waals surface area contributed by atoms with Crippen LogP contribution in [0.25, 0.3) is 0 Å². The van der Waals surface area contributed by atoms with Crippen LogP contribution in [0, 0.1) is 10.1 Å². The molecule has 0 aromatic heterocycles. The van der Waals surface area contributed by atoms with Crippen molar-refractivity contribution in [3.05, 3.63) is 63.2 Å². The Balaban J connectivity index is 2.24. The van der Waals surface area contributed by atoms with Crippen molar-refractivity contribution in [2.75, 3.05) is 21.9 Å². The van der Waals surface area contributed by atoms with E-state index in [1.807, 2.05) is 0 Å². The Bertz CT molecular complexity index is 961. The number of hydrogen-bond acceptors (Lipinski definition) is 5. The summed E-state index contributed by atoms with van der Waals surface area (Å²) in [7, 11) is -3.41. The van der Waals surface area contributed by atoms with E-state index in [1.165, 1.54) is 46.8 Å². The molecule has 8 nitrogen and oxygen atoms in total. The first-order valence-corrected chi connectivity index (χ1v) is 10.0. The van der Waals surface area contributed by atoms with Crippen LogP contribution in [-0.2, 0) is 10.0 Å². The molecule has 0 aliphatic rings. The summed E-state index contributed by atoms with van der Waals surface area (Å²) in [5.41, 5.74) is 0.618. The Kier molecular flexibility index (Phi) is 6.40. The van der Waals surface area contributed by atoms with E-state index in [2.05, 4.69) is 5.32 Å². The minimum absolute atomic E-state index is 0.0334. The molecule has 0 heterocycles. The van der Waals surface area contributed by atoms with Gasteiger partial charge in [0.15, 0.2) is 0 Å². The zero-order valence-electron chi connectivity index (χ0n) is 14.7. The number of amides is 1. The molecule has 2 rings (SSSR count). The zero-order chi connectivity index (χ0) is 20.2. The number of halogens is 1. The Morgan fingerprint density at radius 1 is 1.19 bits per heavy atom. The van der Waals surface area contributed by atoms with Gasteiger partial charge < -0.3 is 5.32 Å². The molecule has 0 aliphatic carbocycles. The fourth-order valence-electron chi connectivity index (χ4n) is 2.39. The quantitative estimate of drug-likeness (QED) is 0.552. The van der Waals surface area contributed by atoms with Crippen LogP contribution in [0.1, 0.15) is 24.2 Å². The van der Waals surface area contributed by atoms with Crippen LogP contribution in [0.3, 0.4) is 0 Å². The lowest BCUT2D eigenvalue weighted by atomic mass is 10.2. The van der Waals surface area contributed by atoms with Crippen molar-refractivity contribution in [2.24, 2.45) is 0 Å². The third-order valence-corrected chi connectivity index (χ3v) is 6.01. The molecule has 10 heteroatoms. The first kappa shape index (κ1) is 20.7.